The van der Waals surface area contributed by atoms with Crippen molar-refractivity contribution in [3.8, 4) is 0 Å². The van der Waals surface area contributed by atoms with Crippen LogP contribution in [0.2, 0.25) is 0 Å². The number of carbonyl (C=O) groups is 1. The molecule has 1 aromatic carbocycles. The smallest absolute Gasteiger partial charge is 0.270 e. The summed E-state index contributed by atoms with van der Waals surface area (Å²) in [5.41, 5.74) is 3.68. The molecule has 0 radical (unpaired) electrons. The molecule has 0 saturated carbocycles. The Kier molecular flexibility index (Phi) is 6.60. The summed E-state index contributed by atoms with van der Waals surface area (Å²) in [6, 6.07) is 11.7. The SMILES string of the molecule is CCCCCNc1ccnc(C(=O)NCc2ccccc2C)c1. The third-order valence-electron chi connectivity index (χ3n) is 3.80. The highest BCUT2D eigenvalue weighted by atomic mass is 16.1. The van der Waals surface area contributed by atoms with E-state index >= 15 is 0 Å². The highest BCUT2D eigenvalue weighted by Crippen LogP contribution is 2.10. The van der Waals surface area contributed by atoms with Crippen molar-refractivity contribution in [3.05, 3.63) is 59.4 Å². The standard InChI is InChI=1S/C19H25N3O/c1-3-4-7-11-20-17-10-12-21-18(13-17)19(23)22-14-16-9-6-5-8-15(16)2/h5-6,8-10,12-13H,3-4,7,11,14H2,1-2H3,(H,20,21)(H,22,23). The second-order valence-corrected chi connectivity index (χ2v) is 5.67. The zero-order valence-electron chi connectivity index (χ0n) is 13.9. The van der Waals surface area contributed by atoms with Gasteiger partial charge in [-0.3, -0.25) is 9.78 Å². The topological polar surface area (TPSA) is 54.0 Å². The molecule has 0 fully saturated rings. The van der Waals surface area contributed by atoms with Crippen LogP contribution >= 0.6 is 0 Å². The van der Waals surface area contributed by atoms with Crippen LogP contribution in [0.25, 0.3) is 0 Å². The van der Waals surface area contributed by atoms with Gasteiger partial charge >= 0.3 is 0 Å². The molecule has 2 N–H and O–H groups in total. The average Bonchev–Trinajstić information content (AvgIpc) is 2.58. The Morgan fingerprint density at radius 3 is 2.78 bits per heavy atom. The monoisotopic (exact) mass is 311 g/mol. The van der Waals surface area contributed by atoms with Crippen LogP contribution in [0, 0.1) is 6.92 Å². The number of rotatable bonds is 8. The van der Waals surface area contributed by atoms with Crippen LogP contribution in [0.1, 0.15) is 47.8 Å². The van der Waals surface area contributed by atoms with Gasteiger partial charge in [-0.2, -0.15) is 0 Å². The first-order valence-corrected chi connectivity index (χ1v) is 8.23. The van der Waals surface area contributed by atoms with E-state index in [9.17, 15) is 4.79 Å². The van der Waals surface area contributed by atoms with Gasteiger partial charge in [0.1, 0.15) is 5.69 Å². The molecule has 4 heteroatoms. The fraction of sp³-hybridized carbons (Fsp3) is 0.368. The number of nitrogens with one attached hydrogen (secondary N) is 2. The second-order valence-electron chi connectivity index (χ2n) is 5.67. The first-order chi connectivity index (χ1) is 11.2. The van der Waals surface area contributed by atoms with Crippen molar-refractivity contribution in [1.29, 1.82) is 0 Å². The maximum Gasteiger partial charge on any atom is 0.270 e. The van der Waals surface area contributed by atoms with E-state index in [0.29, 0.717) is 12.2 Å². The Bertz CT molecular complexity index is 640. The zero-order chi connectivity index (χ0) is 16.5. The quantitative estimate of drug-likeness (QED) is 0.726. The molecule has 0 aliphatic rings. The molecule has 0 aliphatic heterocycles. The molecule has 0 bridgehead atoms. The molecule has 23 heavy (non-hydrogen) atoms. The lowest BCUT2D eigenvalue weighted by Crippen LogP contribution is -2.24. The largest absolute Gasteiger partial charge is 0.385 e. The van der Waals surface area contributed by atoms with Gasteiger partial charge in [0.25, 0.3) is 5.91 Å². The van der Waals surface area contributed by atoms with E-state index in [1.165, 1.54) is 18.4 Å². The van der Waals surface area contributed by atoms with Crippen molar-refractivity contribution >= 4 is 11.6 Å². The van der Waals surface area contributed by atoms with Crippen molar-refractivity contribution in [2.75, 3.05) is 11.9 Å². The van der Waals surface area contributed by atoms with Gasteiger partial charge in [-0.15, -0.1) is 0 Å². The minimum atomic E-state index is -0.148. The van der Waals surface area contributed by atoms with Crippen molar-refractivity contribution < 1.29 is 4.79 Å². The highest BCUT2D eigenvalue weighted by molar-refractivity contribution is 5.93. The molecule has 1 heterocycles. The Hall–Kier alpha value is -2.36. The molecule has 0 aliphatic carbocycles. The summed E-state index contributed by atoms with van der Waals surface area (Å²) < 4.78 is 0. The summed E-state index contributed by atoms with van der Waals surface area (Å²) in [4.78, 5) is 16.4. The summed E-state index contributed by atoms with van der Waals surface area (Å²) in [5, 5.41) is 6.27. The minimum Gasteiger partial charge on any atom is -0.385 e. The lowest BCUT2D eigenvalue weighted by Gasteiger charge is -2.09. The van der Waals surface area contributed by atoms with Gasteiger partial charge in [0.2, 0.25) is 0 Å². The summed E-state index contributed by atoms with van der Waals surface area (Å²) in [6.07, 6.45) is 5.21. The summed E-state index contributed by atoms with van der Waals surface area (Å²) in [6.45, 7) is 5.66. The lowest BCUT2D eigenvalue weighted by atomic mass is 10.1. The Labute approximate surface area is 138 Å². The normalized spacial score (nSPS) is 10.3. The first kappa shape index (κ1) is 17.0. The van der Waals surface area contributed by atoms with Crippen molar-refractivity contribution in [2.45, 2.75) is 39.7 Å². The molecular weight excluding hydrogens is 286 g/mol. The number of aryl methyl sites for hydroxylation is 1. The van der Waals surface area contributed by atoms with Crippen molar-refractivity contribution in [3.63, 3.8) is 0 Å². The van der Waals surface area contributed by atoms with Crippen LogP contribution in [-0.4, -0.2) is 17.4 Å². The van der Waals surface area contributed by atoms with E-state index in [1.54, 1.807) is 12.3 Å². The molecule has 1 aromatic heterocycles. The Morgan fingerprint density at radius 2 is 2.00 bits per heavy atom. The zero-order valence-corrected chi connectivity index (χ0v) is 13.9. The third-order valence-corrected chi connectivity index (χ3v) is 3.80. The Balaban J connectivity index is 1.90. The fourth-order valence-electron chi connectivity index (χ4n) is 2.35. The molecule has 4 nitrogen and oxygen atoms in total. The molecule has 1 amide bonds. The summed E-state index contributed by atoms with van der Waals surface area (Å²) in [7, 11) is 0. The minimum absolute atomic E-state index is 0.148. The van der Waals surface area contributed by atoms with Crippen molar-refractivity contribution in [1.82, 2.24) is 10.3 Å². The van der Waals surface area contributed by atoms with Crippen LogP contribution in [0.5, 0.6) is 0 Å². The number of unbranched alkanes of at least 4 members (excludes halogenated alkanes) is 2. The van der Waals surface area contributed by atoms with Crippen molar-refractivity contribution in [2.24, 2.45) is 0 Å². The van der Waals surface area contributed by atoms with Crippen LogP contribution in [0.4, 0.5) is 5.69 Å². The maximum atomic E-state index is 12.3. The number of nitrogens with zero attached hydrogens (tertiary/aromatic N) is 1. The van der Waals surface area contributed by atoms with Crippen LogP contribution in [0.3, 0.4) is 0 Å². The van der Waals surface area contributed by atoms with Gasteiger partial charge in [0, 0.05) is 25.0 Å². The average molecular weight is 311 g/mol. The number of benzene rings is 1. The van der Waals surface area contributed by atoms with E-state index in [0.717, 1.165) is 24.2 Å². The molecule has 0 saturated heterocycles. The van der Waals surface area contributed by atoms with E-state index in [4.69, 9.17) is 0 Å². The summed E-state index contributed by atoms with van der Waals surface area (Å²) >= 11 is 0. The van der Waals surface area contributed by atoms with E-state index in [1.807, 2.05) is 37.3 Å². The number of amides is 1. The molecule has 122 valence electrons. The first-order valence-electron chi connectivity index (χ1n) is 8.23. The van der Waals surface area contributed by atoms with Gasteiger partial charge in [0.15, 0.2) is 0 Å². The molecular formula is C19H25N3O. The highest BCUT2D eigenvalue weighted by Gasteiger charge is 2.08. The van der Waals surface area contributed by atoms with E-state index in [-0.39, 0.29) is 5.91 Å². The van der Waals surface area contributed by atoms with Gasteiger partial charge in [-0.05, 0) is 36.6 Å². The predicted octanol–water partition coefficient (Wildman–Crippen LogP) is 3.92. The fourth-order valence-corrected chi connectivity index (χ4v) is 2.35. The number of hydrogen-bond donors (Lipinski definition) is 2. The molecule has 0 spiro atoms. The van der Waals surface area contributed by atoms with Crippen LogP contribution < -0.4 is 10.6 Å². The second kappa shape index (κ2) is 8.93. The molecule has 2 aromatic rings. The van der Waals surface area contributed by atoms with Gasteiger partial charge in [-0.25, -0.2) is 0 Å². The number of aromatic nitrogens is 1. The maximum absolute atomic E-state index is 12.3. The third kappa shape index (κ3) is 5.40. The summed E-state index contributed by atoms with van der Waals surface area (Å²) in [5.74, 6) is -0.148. The lowest BCUT2D eigenvalue weighted by molar-refractivity contribution is 0.0946. The Morgan fingerprint density at radius 1 is 1.17 bits per heavy atom. The van der Waals surface area contributed by atoms with Gasteiger partial charge < -0.3 is 10.6 Å². The van der Waals surface area contributed by atoms with E-state index < -0.39 is 0 Å². The molecule has 0 atom stereocenters. The van der Waals surface area contributed by atoms with E-state index in [2.05, 4.69) is 22.5 Å². The number of pyridine rings is 1. The number of carbonyl (C=O) groups excluding carboxylic acids is 1. The van der Waals surface area contributed by atoms with Crippen LogP contribution in [-0.2, 0) is 6.54 Å². The molecule has 0 unspecified atom stereocenters. The molecule has 2 rings (SSSR count). The van der Waals surface area contributed by atoms with Gasteiger partial charge in [-0.1, -0.05) is 44.0 Å². The number of hydrogen-bond acceptors (Lipinski definition) is 3. The number of anilines is 1. The van der Waals surface area contributed by atoms with Crippen LogP contribution in [0.15, 0.2) is 42.6 Å². The van der Waals surface area contributed by atoms with Gasteiger partial charge in [0.05, 0.1) is 0 Å². The predicted molar refractivity (Wildman–Crippen MR) is 94.6 cm³/mol.